The summed E-state index contributed by atoms with van der Waals surface area (Å²) in [4.78, 5) is 27.7. The molecule has 0 bridgehead atoms. The number of tetrazole rings is 1. The number of benzene rings is 2. The molecule has 0 aliphatic carbocycles. The highest BCUT2D eigenvalue weighted by molar-refractivity contribution is 6.35. The number of H-pyrrole nitrogens is 2. The van der Waals surface area contributed by atoms with Gasteiger partial charge in [-0.3, -0.25) is 9.59 Å². The lowest BCUT2D eigenvalue weighted by atomic mass is 10.0. The van der Waals surface area contributed by atoms with Gasteiger partial charge in [0.05, 0.1) is 16.4 Å². The van der Waals surface area contributed by atoms with Crippen LogP contribution in [-0.2, 0) is 6.42 Å². The number of halogens is 2. The molecule has 0 saturated carbocycles. The van der Waals surface area contributed by atoms with Crippen LogP contribution in [0.3, 0.4) is 0 Å². The van der Waals surface area contributed by atoms with Crippen LogP contribution >= 0.6 is 23.2 Å². The van der Waals surface area contributed by atoms with Crippen molar-refractivity contribution in [1.29, 1.82) is 0 Å². The fourth-order valence-corrected chi connectivity index (χ4v) is 4.25. The maximum Gasteiger partial charge on any atom is 0.276 e. The fourth-order valence-electron chi connectivity index (χ4n) is 3.76. The fraction of sp³-hybridized carbons (Fsp3) is 0.0833. The normalized spacial score (nSPS) is 11.0. The van der Waals surface area contributed by atoms with Crippen molar-refractivity contribution in [2.75, 3.05) is 5.32 Å². The van der Waals surface area contributed by atoms with Crippen molar-refractivity contribution in [2.45, 2.75) is 13.3 Å². The third-order valence-corrected chi connectivity index (χ3v) is 5.96. The van der Waals surface area contributed by atoms with Crippen LogP contribution in [0, 0.1) is 6.92 Å². The number of nitrogens with one attached hydrogen (secondary N) is 3. The second-order valence-corrected chi connectivity index (χ2v) is 8.79. The van der Waals surface area contributed by atoms with Gasteiger partial charge < -0.3 is 10.3 Å². The molecule has 10 nitrogen and oxygen atoms in total. The molecule has 5 rings (SSSR count). The van der Waals surface area contributed by atoms with Gasteiger partial charge in [0.25, 0.3) is 5.91 Å². The van der Waals surface area contributed by atoms with E-state index in [9.17, 15) is 9.59 Å². The second kappa shape index (κ2) is 9.76. The molecule has 0 spiro atoms. The summed E-state index contributed by atoms with van der Waals surface area (Å²) in [6.45, 7) is 1.98. The molecule has 2 aromatic carbocycles. The first-order chi connectivity index (χ1) is 17.4. The smallest absolute Gasteiger partial charge is 0.276 e. The molecule has 0 aliphatic heterocycles. The minimum absolute atomic E-state index is 0.113. The number of pyridine rings is 1. The highest BCUT2D eigenvalue weighted by Crippen LogP contribution is 2.34. The molecule has 0 atom stereocenters. The second-order valence-electron chi connectivity index (χ2n) is 7.95. The molecule has 3 aromatic heterocycles. The first-order valence-corrected chi connectivity index (χ1v) is 11.5. The molecule has 1 amide bonds. The SMILES string of the molecule is Cc1ccc(-c2c(Cc3nn[nH]n3)c(C(=O)Nc3cc[nH]c(=O)c3)nn2-c2ccc(Cl)cc2Cl)cc1. The molecule has 12 heteroatoms. The van der Waals surface area contributed by atoms with Crippen molar-refractivity contribution < 1.29 is 4.79 Å². The summed E-state index contributed by atoms with van der Waals surface area (Å²) in [5.41, 5.74) is 3.66. The summed E-state index contributed by atoms with van der Waals surface area (Å²) >= 11 is 12.7. The Morgan fingerprint density at radius 3 is 2.58 bits per heavy atom. The monoisotopic (exact) mass is 520 g/mol. The van der Waals surface area contributed by atoms with Crippen molar-refractivity contribution >= 4 is 34.8 Å². The van der Waals surface area contributed by atoms with Crippen molar-refractivity contribution in [2.24, 2.45) is 0 Å². The van der Waals surface area contributed by atoms with Gasteiger partial charge in [0.1, 0.15) is 0 Å². The van der Waals surface area contributed by atoms with Gasteiger partial charge in [0, 0.05) is 40.5 Å². The standard InChI is InChI=1S/C24H18Cl2N8O2/c1-13-2-4-14(5-3-13)23-17(12-20-29-32-33-30-20)22(24(36)28-16-8-9-27-21(35)11-16)31-34(23)19-7-6-15(25)10-18(19)26/h2-11H,12H2,1H3,(H2,27,28,35,36)(H,29,30,32,33). The van der Waals surface area contributed by atoms with Crippen LogP contribution in [-0.4, -0.2) is 41.3 Å². The molecule has 180 valence electrons. The van der Waals surface area contributed by atoms with Gasteiger partial charge in [0.2, 0.25) is 5.56 Å². The van der Waals surface area contributed by atoms with E-state index in [-0.39, 0.29) is 17.7 Å². The Morgan fingerprint density at radius 1 is 1.08 bits per heavy atom. The quantitative estimate of drug-likeness (QED) is 0.307. The minimum atomic E-state index is -0.517. The predicted molar refractivity (Wildman–Crippen MR) is 136 cm³/mol. The summed E-state index contributed by atoms with van der Waals surface area (Å²) in [5.74, 6) is -0.147. The summed E-state index contributed by atoms with van der Waals surface area (Å²) in [7, 11) is 0. The van der Waals surface area contributed by atoms with E-state index in [1.165, 1.54) is 12.3 Å². The largest absolute Gasteiger partial charge is 0.329 e. The topological polar surface area (TPSA) is 134 Å². The Morgan fingerprint density at radius 2 is 1.89 bits per heavy atom. The molecule has 0 saturated heterocycles. The van der Waals surface area contributed by atoms with E-state index < -0.39 is 5.91 Å². The Hall–Kier alpha value is -4.28. The number of aryl methyl sites for hydroxylation is 1. The Bertz CT molecular complexity index is 1610. The van der Waals surface area contributed by atoms with Gasteiger partial charge in [-0.15, -0.1) is 10.2 Å². The van der Waals surface area contributed by atoms with Crippen LogP contribution in [0.15, 0.2) is 65.6 Å². The number of hydrogen-bond acceptors (Lipinski definition) is 6. The van der Waals surface area contributed by atoms with E-state index in [0.717, 1.165) is 11.1 Å². The highest BCUT2D eigenvalue weighted by atomic mass is 35.5. The lowest BCUT2D eigenvalue weighted by Crippen LogP contribution is -2.17. The third kappa shape index (κ3) is 4.77. The zero-order chi connectivity index (χ0) is 25.2. The molecule has 3 N–H and O–H groups in total. The molecule has 0 unspecified atom stereocenters. The predicted octanol–water partition coefficient (Wildman–Crippen LogP) is 4.20. The van der Waals surface area contributed by atoms with Gasteiger partial charge in [-0.25, -0.2) is 4.68 Å². The van der Waals surface area contributed by atoms with Crippen LogP contribution < -0.4 is 10.9 Å². The highest BCUT2D eigenvalue weighted by Gasteiger charge is 2.27. The first-order valence-electron chi connectivity index (χ1n) is 10.8. The van der Waals surface area contributed by atoms with Gasteiger partial charge in [-0.05, 0) is 31.2 Å². The van der Waals surface area contributed by atoms with E-state index in [4.69, 9.17) is 23.2 Å². The number of nitrogens with zero attached hydrogens (tertiary/aromatic N) is 5. The van der Waals surface area contributed by atoms with Gasteiger partial charge in [0.15, 0.2) is 11.5 Å². The average Bonchev–Trinajstić information content (AvgIpc) is 3.48. The average molecular weight is 521 g/mol. The Kier molecular flexibility index (Phi) is 6.36. The number of carbonyl (C=O) groups is 1. The van der Waals surface area contributed by atoms with E-state index >= 15 is 0 Å². The van der Waals surface area contributed by atoms with Crippen LogP contribution in [0.1, 0.15) is 27.4 Å². The van der Waals surface area contributed by atoms with E-state index in [2.05, 4.69) is 36.0 Å². The van der Waals surface area contributed by atoms with E-state index in [1.807, 2.05) is 31.2 Å². The summed E-state index contributed by atoms with van der Waals surface area (Å²) in [5, 5.41) is 22.4. The zero-order valence-electron chi connectivity index (χ0n) is 18.8. The van der Waals surface area contributed by atoms with E-state index in [0.29, 0.717) is 38.5 Å². The van der Waals surface area contributed by atoms with Gasteiger partial charge >= 0.3 is 0 Å². The first kappa shape index (κ1) is 23.5. The van der Waals surface area contributed by atoms with Crippen LogP contribution in [0.5, 0.6) is 0 Å². The molecule has 5 aromatic rings. The van der Waals surface area contributed by atoms with Crippen molar-refractivity contribution in [3.63, 3.8) is 0 Å². The van der Waals surface area contributed by atoms with Crippen molar-refractivity contribution in [3.8, 4) is 16.9 Å². The third-order valence-electron chi connectivity index (χ3n) is 5.42. The number of aromatic nitrogens is 7. The van der Waals surface area contributed by atoms with Crippen LogP contribution in [0.25, 0.3) is 16.9 Å². The maximum atomic E-state index is 13.5. The lowest BCUT2D eigenvalue weighted by Gasteiger charge is -2.12. The Balaban J connectivity index is 1.73. The molecule has 36 heavy (non-hydrogen) atoms. The van der Waals surface area contributed by atoms with Gasteiger partial charge in [-0.1, -0.05) is 58.2 Å². The molecule has 0 fully saturated rings. The molecule has 3 heterocycles. The van der Waals surface area contributed by atoms with Crippen molar-refractivity contribution in [3.05, 3.63) is 104 Å². The number of amides is 1. The van der Waals surface area contributed by atoms with Crippen LogP contribution in [0.4, 0.5) is 5.69 Å². The van der Waals surface area contributed by atoms with Gasteiger partial charge in [-0.2, -0.15) is 10.3 Å². The number of aromatic amines is 2. The Labute approximate surface area is 214 Å². The molecule has 0 aliphatic rings. The number of anilines is 1. The van der Waals surface area contributed by atoms with Crippen LogP contribution in [0.2, 0.25) is 10.0 Å². The maximum absolute atomic E-state index is 13.5. The molecular weight excluding hydrogens is 503 g/mol. The number of carbonyl (C=O) groups excluding carboxylic acids is 1. The number of hydrogen-bond donors (Lipinski definition) is 3. The molecular formula is C24H18Cl2N8O2. The zero-order valence-corrected chi connectivity index (χ0v) is 20.3. The summed E-state index contributed by atoms with van der Waals surface area (Å²) < 4.78 is 1.60. The van der Waals surface area contributed by atoms with E-state index in [1.54, 1.807) is 28.9 Å². The van der Waals surface area contributed by atoms with Crippen molar-refractivity contribution in [1.82, 2.24) is 35.4 Å². The summed E-state index contributed by atoms with van der Waals surface area (Å²) in [6, 6.07) is 15.7. The molecule has 0 radical (unpaired) electrons. The summed E-state index contributed by atoms with van der Waals surface area (Å²) in [6.07, 6.45) is 1.60. The lowest BCUT2D eigenvalue weighted by molar-refractivity contribution is 0.102. The number of rotatable bonds is 6. The minimum Gasteiger partial charge on any atom is -0.329 e.